The molecule has 0 aliphatic carbocycles. The lowest BCUT2D eigenvalue weighted by molar-refractivity contribution is -0.659. The summed E-state index contributed by atoms with van der Waals surface area (Å²) >= 11 is 0. The first-order valence-corrected chi connectivity index (χ1v) is 9.36. The van der Waals surface area contributed by atoms with Gasteiger partial charge in [-0.15, -0.1) is 0 Å². The van der Waals surface area contributed by atoms with Crippen LogP contribution in [0.1, 0.15) is 17.2 Å². The smallest absolute Gasteiger partial charge is 0.276 e. The van der Waals surface area contributed by atoms with Gasteiger partial charge in [0.05, 0.1) is 32.4 Å². The lowest BCUT2D eigenvalue weighted by atomic mass is 9.96. The quantitative estimate of drug-likeness (QED) is 0.671. The van der Waals surface area contributed by atoms with E-state index in [0.29, 0.717) is 6.04 Å². The summed E-state index contributed by atoms with van der Waals surface area (Å²) in [6, 6.07) is 28.5. The second-order valence-electron chi connectivity index (χ2n) is 6.92. The first-order chi connectivity index (χ1) is 12.8. The van der Waals surface area contributed by atoms with Crippen molar-refractivity contribution in [3.8, 4) is 0 Å². The molecule has 1 aromatic heterocycles. The van der Waals surface area contributed by atoms with Crippen molar-refractivity contribution in [3.05, 3.63) is 96.2 Å². The minimum absolute atomic E-state index is 0.323. The van der Waals surface area contributed by atoms with Gasteiger partial charge in [-0.25, -0.2) is 4.57 Å². The first-order valence-electron chi connectivity index (χ1n) is 9.36. The van der Waals surface area contributed by atoms with Gasteiger partial charge in [0, 0.05) is 19.2 Å². The average Bonchev–Trinajstić information content (AvgIpc) is 2.71. The summed E-state index contributed by atoms with van der Waals surface area (Å²) in [5.41, 5.74) is 2.75. The summed E-state index contributed by atoms with van der Waals surface area (Å²) < 4.78 is 2.21. The van der Waals surface area contributed by atoms with Gasteiger partial charge in [0.15, 0.2) is 0 Å². The van der Waals surface area contributed by atoms with Crippen molar-refractivity contribution in [2.24, 2.45) is 7.05 Å². The normalized spacial score (nSPS) is 15.4. The lowest BCUT2D eigenvalue weighted by Gasteiger charge is -2.37. The van der Waals surface area contributed by atoms with Gasteiger partial charge in [0.2, 0.25) is 0 Å². The Hall–Kier alpha value is -2.65. The Kier molecular flexibility index (Phi) is 4.98. The molecule has 3 aromatic rings. The summed E-state index contributed by atoms with van der Waals surface area (Å²) in [5, 5.41) is 0. The number of anilines is 1. The molecule has 2 heterocycles. The SMILES string of the molecule is C[n+]1ccccc1N1CCN(C(c2ccccc2)c2ccccc2)CC1. The molecule has 0 spiro atoms. The Morgan fingerprint density at radius 3 is 1.77 bits per heavy atom. The molecule has 3 heteroatoms. The monoisotopic (exact) mass is 344 g/mol. The van der Waals surface area contributed by atoms with Gasteiger partial charge in [0.25, 0.3) is 5.82 Å². The Balaban J connectivity index is 1.56. The molecule has 2 aromatic carbocycles. The Bertz CT molecular complexity index is 785. The van der Waals surface area contributed by atoms with Crippen LogP contribution in [0.25, 0.3) is 0 Å². The highest BCUT2D eigenvalue weighted by atomic mass is 15.3. The minimum Gasteiger partial charge on any atom is -0.285 e. The molecule has 1 aliphatic heterocycles. The van der Waals surface area contributed by atoms with E-state index >= 15 is 0 Å². The summed E-state index contributed by atoms with van der Waals surface area (Å²) in [4.78, 5) is 5.10. The van der Waals surface area contributed by atoms with Gasteiger partial charge in [-0.05, 0) is 17.2 Å². The van der Waals surface area contributed by atoms with Crippen molar-refractivity contribution in [1.82, 2.24) is 4.90 Å². The van der Waals surface area contributed by atoms with Crippen LogP contribution in [0.2, 0.25) is 0 Å². The first kappa shape index (κ1) is 16.8. The topological polar surface area (TPSA) is 10.4 Å². The third-order valence-electron chi connectivity index (χ3n) is 5.26. The molecule has 0 bridgehead atoms. The lowest BCUT2D eigenvalue weighted by Crippen LogP contribution is -2.51. The van der Waals surface area contributed by atoms with E-state index in [0.717, 1.165) is 26.2 Å². The molecule has 4 rings (SSSR count). The highest BCUT2D eigenvalue weighted by Gasteiger charge is 2.30. The van der Waals surface area contributed by atoms with Crippen molar-refractivity contribution in [3.63, 3.8) is 0 Å². The van der Waals surface area contributed by atoms with Gasteiger partial charge in [-0.3, -0.25) is 9.80 Å². The van der Waals surface area contributed by atoms with Crippen LogP contribution >= 0.6 is 0 Å². The molecule has 0 unspecified atom stereocenters. The highest BCUT2D eigenvalue weighted by Crippen LogP contribution is 2.29. The number of aryl methyl sites for hydroxylation is 1. The van der Waals surface area contributed by atoms with Crippen LogP contribution in [0.3, 0.4) is 0 Å². The van der Waals surface area contributed by atoms with Gasteiger partial charge in [0.1, 0.15) is 0 Å². The average molecular weight is 344 g/mol. The Labute approximate surface area is 156 Å². The van der Waals surface area contributed by atoms with E-state index in [9.17, 15) is 0 Å². The maximum absolute atomic E-state index is 2.62. The number of piperazine rings is 1. The van der Waals surface area contributed by atoms with Crippen molar-refractivity contribution in [1.29, 1.82) is 0 Å². The number of hydrogen-bond donors (Lipinski definition) is 0. The summed E-state index contributed by atoms with van der Waals surface area (Å²) in [6.45, 7) is 4.22. The number of nitrogens with zero attached hydrogens (tertiary/aromatic N) is 3. The third kappa shape index (κ3) is 3.49. The number of hydrogen-bond acceptors (Lipinski definition) is 2. The van der Waals surface area contributed by atoms with E-state index in [-0.39, 0.29) is 0 Å². The molecule has 0 amide bonds. The number of benzene rings is 2. The largest absolute Gasteiger partial charge is 0.285 e. The zero-order valence-corrected chi connectivity index (χ0v) is 15.3. The van der Waals surface area contributed by atoms with Crippen molar-refractivity contribution in [2.75, 3.05) is 31.1 Å². The van der Waals surface area contributed by atoms with E-state index in [1.807, 2.05) is 0 Å². The van der Waals surface area contributed by atoms with Gasteiger partial charge >= 0.3 is 0 Å². The van der Waals surface area contributed by atoms with Crippen LogP contribution in [-0.2, 0) is 7.05 Å². The Morgan fingerprint density at radius 2 is 1.23 bits per heavy atom. The van der Waals surface area contributed by atoms with Gasteiger partial charge in [-0.2, -0.15) is 0 Å². The number of aromatic nitrogens is 1. The molecule has 0 atom stereocenters. The number of rotatable bonds is 4. The van der Waals surface area contributed by atoms with Crippen LogP contribution in [-0.4, -0.2) is 31.1 Å². The van der Waals surface area contributed by atoms with Crippen LogP contribution in [0.15, 0.2) is 85.1 Å². The fraction of sp³-hybridized carbons (Fsp3) is 0.261. The summed E-state index contributed by atoms with van der Waals surface area (Å²) in [6.07, 6.45) is 2.12. The fourth-order valence-corrected chi connectivity index (χ4v) is 3.94. The molecule has 26 heavy (non-hydrogen) atoms. The van der Waals surface area contributed by atoms with Crippen molar-refractivity contribution in [2.45, 2.75) is 6.04 Å². The molecule has 132 valence electrons. The second kappa shape index (κ2) is 7.71. The van der Waals surface area contributed by atoms with Crippen LogP contribution in [0.4, 0.5) is 5.82 Å². The third-order valence-corrected chi connectivity index (χ3v) is 5.26. The minimum atomic E-state index is 0.323. The molecule has 1 fully saturated rings. The molecule has 0 radical (unpaired) electrons. The predicted octanol–water partition coefficient (Wildman–Crippen LogP) is 3.42. The zero-order valence-electron chi connectivity index (χ0n) is 15.3. The van der Waals surface area contributed by atoms with E-state index in [4.69, 9.17) is 0 Å². The Morgan fingerprint density at radius 1 is 0.692 bits per heavy atom. The van der Waals surface area contributed by atoms with E-state index in [1.165, 1.54) is 16.9 Å². The van der Waals surface area contributed by atoms with Crippen LogP contribution in [0.5, 0.6) is 0 Å². The highest BCUT2D eigenvalue weighted by molar-refractivity contribution is 5.35. The molecule has 0 N–H and O–H groups in total. The fourth-order valence-electron chi connectivity index (χ4n) is 3.94. The van der Waals surface area contributed by atoms with Gasteiger partial charge in [-0.1, -0.05) is 66.7 Å². The van der Waals surface area contributed by atoms with Gasteiger partial charge < -0.3 is 0 Å². The number of pyridine rings is 1. The zero-order chi connectivity index (χ0) is 17.8. The summed E-state index contributed by atoms with van der Waals surface area (Å²) in [5.74, 6) is 1.29. The maximum Gasteiger partial charge on any atom is 0.276 e. The van der Waals surface area contributed by atoms with E-state index < -0.39 is 0 Å². The predicted molar refractivity (Wildman–Crippen MR) is 106 cm³/mol. The molecular formula is C23H26N3+. The molecule has 1 saturated heterocycles. The van der Waals surface area contributed by atoms with Crippen LogP contribution < -0.4 is 9.47 Å². The molecular weight excluding hydrogens is 318 g/mol. The standard InChI is InChI=1S/C23H26N3/c1-24-15-9-8-14-22(24)25-16-18-26(19-17-25)23(20-10-4-2-5-11-20)21-12-6-3-7-13-21/h2-15,23H,16-19H2,1H3/q+1. The maximum atomic E-state index is 2.62. The second-order valence-corrected chi connectivity index (χ2v) is 6.92. The van der Waals surface area contributed by atoms with Crippen LogP contribution in [0, 0.1) is 0 Å². The van der Waals surface area contributed by atoms with E-state index in [2.05, 4.69) is 106 Å². The molecule has 1 aliphatic rings. The van der Waals surface area contributed by atoms with Crippen molar-refractivity contribution >= 4 is 5.82 Å². The molecule has 0 saturated carbocycles. The van der Waals surface area contributed by atoms with E-state index in [1.54, 1.807) is 0 Å². The molecule has 3 nitrogen and oxygen atoms in total. The summed E-state index contributed by atoms with van der Waals surface area (Å²) in [7, 11) is 2.12. The van der Waals surface area contributed by atoms with Crippen molar-refractivity contribution < 1.29 is 4.57 Å².